The van der Waals surface area contributed by atoms with Gasteiger partial charge in [-0.15, -0.1) is 10.2 Å². The number of anilines is 5. The number of benzene rings is 4. The minimum absolute atomic E-state index is 0.296. The zero-order valence-electron chi connectivity index (χ0n) is 29.6. The Bertz CT molecular complexity index is 3430. The fourth-order valence-electron chi connectivity index (χ4n) is 5.05. The standard InChI is InChI=1S/C27H23ClN8O20S6/c28-25-32-26(34-27(33-25)31-16-8-13(10-20(24(16)38)61(50,51)52)57(39,40)4-3-56-62(53,54)55)30-12-1-2-15(18(7-12)59(44,45)46)35-36-23-21-11(6-19(22(23)29)60(47,48)49)5-14(9-17(21)37)58(41,42)43/h1-2,5-10,37-38H,3-4,29H2,(H,41,42,43)(H,44,45,46)(H,47,48,49)(H,50,51,52)(H,53,54,55)(H2,30,31,32,33,34). The zero-order valence-corrected chi connectivity index (χ0v) is 35.3. The Hall–Kier alpha value is -5.50. The van der Waals surface area contributed by atoms with Crippen molar-refractivity contribution in [3.05, 3.63) is 53.8 Å². The number of nitrogens with one attached hydrogen (secondary N) is 2. The van der Waals surface area contributed by atoms with Gasteiger partial charge in [0.15, 0.2) is 15.6 Å². The van der Waals surface area contributed by atoms with Gasteiger partial charge in [0, 0.05) is 11.8 Å². The van der Waals surface area contributed by atoms with E-state index in [1.165, 1.54) is 0 Å². The number of phenolic OH excluding ortho intramolecular Hbond substituents is 2. The number of hydrogen-bond donors (Lipinski definition) is 10. The summed E-state index contributed by atoms with van der Waals surface area (Å²) >= 11 is 5.98. The van der Waals surface area contributed by atoms with Gasteiger partial charge >= 0.3 is 10.4 Å². The second kappa shape index (κ2) is 16.7. The fraction of sp³-hybridized carbons (Fsp3) is 0.0741. The Morgan fingerprint density at radius 3 is 1.82 bits per heavy atom. The molecule has 0 saturated heterocycles. The largest absolute Gasteiger partial charge is 0.507 e. The maximum absolute atomic E-state index is 12.9. The number of halogens is 1. The van der Waals surface area contributed by atoms with E-state index >= 15 is 0 Å². The molecule has 28 nitrogen and oxygen atoms in total. The molecule has 5 aromatic rings. The monoisotopic (exact) mass is 1010 g/mol. The van der Waals surface area contributed by atoms with Gasteiger partial charge in [-0.3, -0.25) is 22.8 Å². The molecule has 0 atom stereocenters. The van der Waals surface area contributed by atoms with E-state index in [1.807, 2.05) is 0 Å². The lowest BCUT2D eigenvalue weighted by Crippen LogP contribution is -2.16. The van der Waals surface area contributed by atoms with Crippen molar-refractivity contribution in [2.24, 2.45) is 10.2 Å². The zero-order chi connectivity index (χ0) is 46.5. The summed E-state index contributed by atoms with van der Waals surface area (Å²) in [5.74, 6) is -4.72. The fourth-order valence-corrected chi connectivity index (χ4v) is 9.28. The highest BCUT2D eigenvalue weighted by molar-refractivity contribution is 7.91. The van der Waals surface area contributed by atoms with Crippen LogP contribution in [0.25, 0.3) is 10.8 Å². The van der Waals surface area contributed by atoms with Crippen molar-refractivity contribution in [3.8, 4) is 11.5 Å². The smallest absolute Gasteiger partial charge is 0.397 e. The normalized spacial score (nSPS) is 13.1. The summed E-state index contributed by atoms with van der Waals surface area (Å²) in [5, 5.41) is 31.7. The van der Waals surface area contributed by atoms with Crippen LogP contribution in [0.1, 0.15) is 0 Å². The second-order valence-electron chi connectivity index (χ2n) is 11.8. The molecule has 5 rings (SSSR count). The number of nitrogens with two attached hydrogens (primary N) is 1. The summed E-state index contributed by atoms with van der Waals surface area (Å²) in [6.07, 6.45) is 0. The molecule has 1 aromatic heterocycles. The first kappa shape index (κ1) is 47.5. The number of azo groups is 1. The third-order valence-electron chi connectivity index (χ3n) is 7.62. The van der Waals surface area contributed by atoms with E-state index in [-0.39, 0.29) is 5.69 Å². The molecule has 35 heteroatoms. The Morgan fingerprint density at radius 1 is 0.661 bits per heavy atom. The third-order valence-corrected chi connectivity index (χ3v) is 13.4. The van der Waals surface area contributed by atoms with Crippen LogP contribution in [0.4, 0.5) is 40.3 Å². The van der Waals surface area contributed by atoms with E-state index in [0.29, 0.717) is 36.4 Å². The maximum atomic E-state index is 12.9. The van der Waals surface area contributed by atoms with Gasteiger partial charge < -0.3 is 26.6 Å². The summed E-state index contributed by atoms with van der Waals surface area (Å²) in [4.78, 5) is 5.93. The lowest BCUT2D eigenvalue weighted by atomic mass is 10.1. The highest BCUT2D eigenvalue weighted by Crippen LogP contribution is 2.44. The van der Waals surface area contributed by atoms with Gasteiger partial charge in [0.2, 0.25) is 17.2 Å². The molecule has 11 N–H and O–H groups in total. The van der Waals surface area contributed by atoms with Crippen LogP contribution in [0.5, 0.6) is 11.5 Å². The quantitative estimate of drug-likeness (QED) is 0.0311. The molecular weight excluding hydrogens is 984 g/mol. The van der Waals surface area contributed by atoms with E-state index < -0.39 is 160 Å². The number of fused-ring (bicyclic) bond motifs is 1. The molecule has 0 unspecified atom stereocenters. The first-order valence-electron chi connectivity index (χ1n) is 15.5. The number of aromatic nitrogens is 3. The molecule has 4 aromatic carbocycles. The van der Waals surface area contributed by atoms with Gasteiger partial charge in [-0.05, 0) is 59.5 Å². The molecule has 0 fully saturated rings. The van der Waals surface area contributed by atoms with Crippen LogP contribution < -0.4 is 16.4 Å². The lowest BCUT2D eigenvalue weighted by molar-refractivity contribution is 0.284. The molecule has 334 valence electrons. The highest BCUT2D eigenvalue weighted by Gasteiger charge is 2.28. The molecule has 0 aliphatic rings. The summed E-state index contributed by atoms with van der Waals surface area (Å²) in [6.45, 7) is -1.16. The molecule has 1 heterocycles. The number of rotatable bonds is 15. The lowest BCUT2D eigenvalue weighted by Gasteiger charge is -2.14. The topological polar surface area (TPSA) is 469 Å². The van der Waals surface area contributed by atoms with Crippen LogP contribution in [-0.2, 0) is 64.9 Å². The van der Waals surface area contributed by atoms with Crippen molar-refractivity contribution in [3.63, 3.8) is 0 Å². The third kappa shape index (κ3) is 11.1. The average Bonchev–Trinajstić information content (AvgIpc) is 3.09. The van der Waals surface area contributed by atoms with E-state index in [1.54, 1.807) is 0 Å². The van der Waals surface area contributed by atoms with Gasteiger partial charge in [0.05, 0.1) is 38.9 Å². The molecule has 0 aliphatic carbocycles. The predicted molar refractivity (Wildman–Crippen MR) is 209 cm³/mol. The van der Waals surface area contributed by atoms with Crippen LogP contribution in [-0.4, -0.2) is 111 Å². The summed E-state index contributed by atoms with van der Waals surface area (Å²) < 4.78 is 196. The van der Waals surface area contributed by atoms with Gasteiger partial charge in [-0.2, -0.15) is 57.0 Å². The number of hydrogen-bond acceptors (Lipinski definition) is 23. The van der Waals surface area contributed by atoms with Gasteiger partial charge in [0.1, 0.15) is 31.8 Å². The number of aromatic hydroxyl groups is 2. The average molecular weight is 1010 g/mol. The number of phenols is 2. The van der Waals surface area contributed by atoms with Crippen molar-refractivity contribution >= 4 is 123 Å². The van der Waals surface area contributed by atoms with Crippen LogP contribution in [0, 0.1) is 0 Å². The van der Waals surface area contributed by atoms with E-state index in [0.717, 1.165) is 12.1 Å². The Balaban J connectivity index is 1.54. The molecule has 0 amide bonds. The van der Waals surface area contributed by atoms with Crippen LogP contribution in [0.15, 0.2) is 83.2 Å². The summed E-state index contributed by atoms with van der Waals surface area (Å²) in [6, 6.07) is 5.35. The van der Waals surface area contributed by atoms with Gasteiger partial charge in [0.25, 0.3) is 40.5 Å². The molecule has 0 bridgehead atoms. The van der Waals surface area contributed by atoms with Crippen molar-refractivity contribution in [1.82, 2.24) is 15.0 Å². The van der Waals surface area contributed by atoms with Crippen molar-refractivity contribution in [2.45, 2.75) is 24.5 Å². The predicted octanol–water partition coefficient (Wildman–Crippen LogP) is 2.15. The molecular formula is C27H23ClN8O20S6. The van der Waals surface area contributed by atoms with Crippen LogP contribution in [0.3, 0.4) is 0 Å². The molecule has 0 radical (unpaired) electrons. The minimum Gasteiger partial charge on any atom is -0.507 e. The Morgan fingerprint density at radius 2 is 1.26 bits per heavy atom. The summed E-state index contributed by atoms with van der Waals surface area (Å²) in [7, 11) is -30.6. The van der Waals surface area contributed by atoms with E-state index in [4.69, 9.17) is 21.9 Å². The summed E-state index contributed by atoms with van der Waals surface area (Å²) in [5.41, 5.74) is 2.40. The van der Waals surface area contributed by atoms with Gasteiger partial charge in [-0.25, -0.2) is 12.6 Å². The SMILES string of the molecule is Nc1c(S(=O)(=O)O)cc2cc(S(=O)(=O)O)cc(O)c2c1N=Nc1ccc(Nc2nc(Cl)nc(Nc3cc(S(=O)(=O)CCOS(=O)(=O)O)cc(S(=O)(=O)O)c3O)n2)cc1S(=O)(=O)O. The van der Waals surface area contributed by atoms with Crippen molar-refractivity contribution in [1.29, 1.82) is 0 Å². The highest BCUT2D eigenvalue weighted by atomic mass is 35.5. The van der Waals surface area contributed by atoms with Crippen LogP contribution >= 0.6 is 11.6 Å². The first-order chi connectivity index (χ1) is 28.2. The maximum Gasteiger partial charge on any atom is 0.397 e. The number of nitrogens with zero attached hydrogens (tertiary/aromatic N) is 5. The molecule has 0 aliphatic heterocycles. The Labute approximate surface area is 353 Å². The number of nitrogen functional groups attached to an aromatic ring is 1. The second-order valence-corrected chi connectivity index (χ2v) is 21.0. The van der Waals surface area contributed by atoms with Crippen LogP contribution in [0.2, 0.25) is 5.28 Å². The minimum atomic E-state index is -5.38. The number of sulfone groups is 1. The van der Waals surface area contributed by atoms with Crippen molar-refractivity contribution < 1.29 is 87.7 Å². The Kier molecular flexibility index (Phi) is 12.8. The van der Waals surface area contributed by atoms with Gasteiger partial charge in [-0.1, -0.05) is 0 Å². The first-order valence-corrected chi connectivity index (χ1v) is 24.6. The molecule has 0 spiro atoms. The van der Waals surface area contributed by atoms with Crippen molar-refractivity contribution in [2.75, 3.05) is 28.7 Å². The molecule has 0 saturated carbocycles. The van der Waals surface area contributed by atoms with E-state index in [2.05, 4.69) is 40.0 Å². The van der Waals surface area contributed by atoms with E-state index in [9.17, 15) is 78.9 Å². The molecule has 62 heavy (non-hydrogen) atoms.